The fourth-order valence-corrected chi connectivity index (χ4v) is 4.38. The second-order valence-electron chi connectivity index (χ2n) is 8.65. The summed E-state index contributed by atoms with van der Waals surface area (Å²) in [4.78, 5) is 13.3. The van der Waals surface area contributed by atoms with Crippen molar-refractivity contribution in [2.45, 2.75) is 32.9 Å². The largest absolute Gasteiger partial charge is 0.493 e. The lowest BCUT2D eigenvalue weighted by molar-refractivity contribution is -0.142. The Kier molecular flexibility index (Phi) is 10.8. The zero-order chi connectivity index (χ0) is 26.6. The predicted molar refractivity (Wildman–Crippen MR) is 151 cm³/mol. The van der Waals surface area contributed by atoms with Crippen LogP contribution in [-0.2, 0) is 16.1 Å². The van der Waals surface area contributed by atoms with Crippen LogP contribution in [-0.4, -0.2) is 46.7 Å². The number of benzene rings is 3. The first-order valence-electron chi connectivity index (χ1n) is 12.1. The Morgan fingerprint density at radius 3 is 2.43 bits per heavy atom. The maximum atomic E-state index is 11.4. The van der Waals surface area contributed by atoms with Crippen LogP contribution in [0.4, 0.5) is 0 Å². The van der Waals surface area contributed by atoms with Crippen LogP contribution in [0, 0.1) is 5.41 Å². The van der Waals surface area contributed by atoms with Crippen LogP contribution in [0.1, 0.15) is 31.4 Å². The molecule has 0 saturated heterocycles. The van der Waals surface area contributed by atoms with E-state index in [4.69, 9.17) is 14.9 Å². The van der Waals surface area contributed by atoms with E-state index in [-0.39, 0.29) is 5.90 Å². The van der Waals surface area contributed by atoms with Crippen molar-refractivity contribution in [3.8, 4) is 16.9 Å². The van der Waals surface area contributed by atoms with E-state index in [0.29, 0.717) is 36.8 Å². The molecule has 3 aromatic carbocycles. The molecule has 0 bridgehead atoms. The van der Waals surface area contributed by atoms with Gasteiger partial charge >= 0.3 is 5.97 Å². The summed E-state index contributed by atoms with van der Waals surface area (Å²) in [7, 11) is 0. The molecule has 3 rings (SSSR count). The van der Waals surface area contributed by atoms with Gasteiger partial charge in [-0.15, -0.1) is 11.8 Å². The van der Waals surface area contributed by atoms with Gasteiger partial charge in [-0.1, -0.05) is 54.6 Å². The number of nitrogens with zero attached hydrogens (tertiary/aromatic N) is 1. The number of thioether (sulfide) groups is 1. The van der Waals surface area contributed by atoms with E-state index in [1.54, 1.807) is 18.7 Å². The predicted octanol–water partition coefficient (Wildman–Crippen LogP) is 6.66. The highest BCUT2D eigenvalue weighted by molar-refractivity contribution is 7.98. The molecule has 7 heteroatoms. The summed E-state index contributed by atoms with van der Waals surface area (Å²) in [5.74, 6) is 1.29. The minimum absolute atomic E-state index is 0.104. The first-order valence-corrected chi connectivity index (χ1v) is 13.5. The number of carbonyl (C=O) groups is 1. The van der Waals surface area contributed by atoms with Crippen LogP contribution in [0.15, 0.2) is 90.7 Å². The summed E-state index contributed by atoms with van der Waals surface area (Å²) in [5, 5.41) is 17.6. The number of carboxylic acids is 1. The fraction of sp³-hybridized carbons (Fsp3) is 0.267. The van der Waals surface area contributed by atoms with Crippen molar-refractivity contribution in [2.24, 2.45) is 0 Å². The van der Waals surface area contributed by atoms with Crippen LogP contribution in [0.25, 0.3) is 11.1 Å². The van der Waals surface area contributed by atoms with E-state index >= 15 is 0 Å². The molecule has 0 aliphatic heterocycles. The molecule has 0 aromatic heterocycles. The molecule has 2 N–H and O–H groups in total. The van der Waals surface area contributed by atoms with Crippen LogP contribution < -0.4 is 4.74 Å². The lowest BCUT2D eigenvalue weighted by Crippen LogP contribution is -2.38. The van der Waals surface area contributed by atoms with Crippen LogP contribution in [0.2, 0.25) is 0 Å². The monoisotopic (exact) mass is 518 g/mol. The van der Waals surface area contributed by atoms with Gasteiger partial charge in [0.2, 0.25) is 5.90 Å². The Hall–Kier alpha value is -3.55. The third-order valence-corrected chi connectivity index (χ3v) is 6.41. The zero-order valence-electron chi connectivity index (χ0n) is 21.5. The van der Waals surface area contributed by atoms with Gasteiger partial charge in [0, 0.05) is 24.4 Å². The van der Waals surface area contributed by atoms with Gasteiger partial charge in [-0.3, -0.25) is 15.1 Å². The smallest absolute Gasteiger partial charge is 0.320 e. The number of hydrogen-bond acceptors (Lipinski definition) is 6. The molecular weight excluding hydrogens is 484 g/mol. The highest BCUT2D eigenvalue weighted by Gasteiger charge is 2.20. The molecule has 6 nitrogen and oxygen atoms in total. The normalized spacial score (nSPS) is 12.3. The van der Waals surface area contributed by atoms with Crippen LogP contribution >= 0.6 is 11.8 Å². The first-order chi connectivity index (χ1) is 17.9. The lowest BCUT2D eigenvalue weighted by atomic mass is 10.0. The maximum absolute atomic E-state index is 11.4. The van der Waals surface area contributed by atoms with Gasteiger partial charge in [0.05, 0.1) is 12.4 Å². The molecule has 37 heavy (non-hydrogen) atoms. The minimum Gasteiger partial charge on any atom is -0.493 e. The quantitative estimate of drug-likeness (QED) is 0.0865. The number of ether oxygens (including phenoxy) is 2. The molecule has 1 atom stereocenters. The number of nitrogens with one attached hydrogen (secondary N) is 1. The summed E-state index contributed by atoms with van der Waals surface area (Å²) in [6.07, 6.45) is 4.50. The highest BCUT2D eigenvalue weighted by Crippen LogP contribution is 2.20. The van der Waals surface area contributed by atoms with Gasteiger partial charge < -0.3 is 14.6 Å². The minimum atomic E-state index is -0.830. The number of allylic oxidation sites excluding steroid dienone is 1. The number of hydrogen-bond donors (Lipinski definition) is 2. The average molecular weight is 519 g/mol. The van der Waals surface area contributed by atoms with Gasteiger partial charge in [0.25, 0.3) is 0 Å². The lowest BCUT2D eigenvalue weighted by Gasteiger charge is -2.25. The van der Waals surface area contributed by atoms with E-state index < -0.39 is 12.0 Å². The third-order valence-electron chi connectivity index (χ3n) is 5.82. The van der Waals surface area contributed by atoms with E-state index in [9.17, 15) is 9.90 Å². The molecule has 1 unspecified atom stereocenters. The van der Waals surface area contributed by atoms with E-state index in [1.807, 2.05) is 90.9 Å². The van der Waals surface area contributed by atoms with Crippen molar-refractivity contribution in [3.05, 3.63) is 102 Å². The molecule has 0 spiro atoms. The van der Waals surface area contributed by atoms with Gasteiger partial charge in [-0.25, -0.2) is 0 Å². The molecule has 0 saturated carbocycles. The maximum Gasteiger partial charge on any atom is 0.320 e. The van der Waals surface area contributed by atoms with E-state index in [1.165, 1.54) is 0 Å². The summed E-state index contributed by atoms with van der Waals surface area (Å²) < 4.78 is 11.6. The third kappa shape index (κ3) is 8.81. The Morgan fingerprint density at radius 1 is 1.05 bits per heavy atom. The number of carboxylic acid groups (broad SMARTS) is 1. The standard InChI is InChI=1S/C30H34N2O4S/c1-22(36-29(31)27-16-14-26(15-17-27)25-11-5-4-6-12-25)9-8-18-35-28-13-7-10-24(19-28)20-32(21-37-3)23(2)30(33)34/h4-7,9-17,19,23,31H,8,18,20-21H2,1-3H3,(H,33,34)/b22-9+,31-29?. The van der Waals surface area contributed by atoms with E-state index in [2.05, 4.69) is 12.1 Å². The van der Waals surface area contributed by atoms with Gasteiger partial charge in [0.15, 0.2) is 0 Å². The summed E-state index contributed by atoms with van der Waals surface area (Å²) in [6.45, 7) is 4.53. The van der Waals surface area contributed by atoms with Gasteiger partial charge in [-0.05, 0) is 67.1 Å². The van der Waals surface area contributed by atoms with Crippen molar-refractivity contribution < 1.29 is 19.4 Å². The summed E-state index contributed by atoms with van der Waals surface area (Å²) in [6, 6.07) is 25.1. The first kappa shape index (κ1) is 28.0. The molecule has 0 heterocycles. The molecular formula is C30H34N2O4S. The van der Waals surface area contributed by atoms with Gasteiger partial charge in [0.1, 0.15) is 11.8 Å². The average Bonchev–Trinajstić information content (AvgIpc) is 2.91. The molecule has 0 amide bonds. The molecule has 0 aliphatic carbocycles. The number of rotatable bonds is 13. The summed E-state index contributed by atoms with van der Waals surface area (Å²) in [5.41, 5.74) is 3.95. The van der Waals surface area contributed by atoms with Crippen LogP contribution in [0.3, 0.4) is 0 Å². The second kappa shape index (κ2) is 14.3. The van der Waals surface area contributed by atoms with Crippen LogP contribution in [0.5, 0.6) is 5.75 Å². The molecule has 0 radical (unpaired) electrons. The van der Waals surface area contributed by atoms with E-state index in [0.717, 1.165) is 22.4 Å². The molecule has 3 aromatic rings. The van der Waals surface area contributed by atoms with Gasteiger partial charge in [-0.2, -0.15) is 0 Å². The molecule has 0 aliphatic rings. The molecule has 0 fully saturated rings. The van der Waals surface area contributed by atoms with Crippen molar-refractivity contribution in [2.75, 3.05) is 18.7 Å². The van der Waals surface area contributed by atoms with Crippen molar-refractivity contribution in [3.63, 3.8) is 0 Å². The molecule has 194 valence electrons. The second-order valence-corrected chi connectivity index (χ2v) is 9.49. The Labute approximate surface area is 223 Å². The summed E-state index contributed by atoms with van der Waals surface area (Å²) >= 11 is 1.60. The Morgan fingerprint density at radius 2 is 1.76 bits per heavy atom. The highest BCUT2D eigenvalue weighted by atomic mass is 32.2. The topological polar surface area (TPSA) is 82.9 Å². The van der Waals surface area contributed by atoms with Crippen molar-refractivity contribution >= 4 is 23.6 Å². The van der Waals surface area contributed by atoms with Crippen molar-refractivity contribution in [1.29, 1.82) is 5.41 Å². The Bertz CT molecular complexity index is 1200. The Balaban J connectivity index is 1.48. The zero-order valence-corrected chi connectivity index (χ0v) is 22.3. The fourth-order valence-electron chi connectivity index (χ4n) is 3.73. The SMILES string of the molecule is CSCN(Cc1cccc(OCC/C=C(\C)OC(=N)c2ccc(-c3ccccc3)cc2)c1)C(C)C(=O)O. The van der Waals surface area contributed by atoms with Crippen molar-refractivity contribution in [1.82, 2.24) is 4.90 Å². The number of aliphatic carboxylic acids is 1.